The van der Waals surface area contributed by atoms with Crippen molar-refractivity contribution < 1.29 is 0 Å². The molecule has 1 unspecified atom stereocenters. The van der Waals surface area contributed by atoms with Crippen LogP contribution in [0.1, 0.15) is 36.4 Å². The van der Waals surface area contributed by atoms with E-state index < -0.39 is 0 Å². The molecule has 76 valence electrons. The van der Waals surface area contributed by atoms with Crippen molar-refractivity contribution in [3.05, 3.63) is 23.4 Å². The molecule has 1 aliphatic rings. The van der Waals surface area contributed by atoms with Crippen LogP contribution in [0.2, 0.25) is 0 Å². The van der Waals surface area contributed by atoms with Gasteiger partial charge in [0.2, 0.25) is 0 Å². The molecule has 2 rings (SSSR count). The Morgan fingerprint density at radius 2 is 2.29 bits per heavy atom. The summed E-state index contributed by atoms with van der Waals surface area (Å²) < 4.78 is 0. The lowest BCUT2D eigenvalue weighted by atomic mass is 10.00. The minimum absolute atomic E-state index is 0.135. The fourth-order valence-electron chi connectivity index (χ4n) is 1.82. The second-order valence-corrected chi connectivity index (χ2v) is 4.25. The van der Waals surface area contributed by atoms with Crippen molar-refractivity contribution in [2.24, 2.45) is 11.7 Å². The predicted octanol–water partition coefficient (Wildman–Crippen LogP) is 1.77. The van der Waals surface area contributed by atoms with Crippen molar-refractivity contribution in [3.63, 3.8) is 0 Å². The van der Waals surface area contributed by atoms with E-state index in [1.807, 2.05) is 19.2 Å². The Morgan fingerprint density at radius 3 is 2.86 bits per heavy atom. The Labute approximate surface area is 84.5 Å². The molecule has 0 radical (unpaired) electrons. The first-order valence-electron chi connectivity index (χ1n) is 5.14. The molecule has 0 aliphatic heterocycles. The Bertz CT molecular complexity index is 331. The Morgan fingerprint density at radius 1 is 1.57 bits per heavy atom. The van der Waals surface area contributed by atoms with Gasteiger partial charge in [-0.05, 0) is 36.5 Å². The summed E-state index contributed by atoms with van der Waals surface area (Å²) in [7, 11) is 0. The molecule has 1 aromatic heterocycles. The third-order valence-electron chi connectivity index (χ3n) is 2.86. The topological polar surface area (TPSA) is 64.9 Å². The summed E-state index contributed by atoms with van der Waals surface area (Å²) in [6.07, 6.45) is 5.59. The summed E-state index contributed by atoms with van der Waals surface area (Å²) in [4.78, 5) is 4.09. The van der Waals surface area contributed by atoms with Gasteiger partial charge in [-0.2, -0.15) is 0 Å². The highest BCUT2D eigenvalue weighted by atomic mass is 14.8. The molecular weight excluding hydrogens is 174 g/mol. The highest BCUT2D eigenvalue weighted by Crippen LogP contribution is 2.37. The largest absolute Gasteiger partial charge is 0.384 e. The lowest BCUT2D eigenvalue weighted by Crippen LogP contribution is -2.13. The van der Waals surface area contributed by atoms with Gasteiger partial charge in [0.25, 0.3) is 0 Å². The van der Waals surface area contributed by atoms with E-state index in [0.29, 0.717) is 5.82 Å². The maximum Gasteiger partial charge on any atom is 0.123 e. The van der Waals surface area contributed by atoms with E-state index in [1.165, 1.54) is 12.8 Å². The van der Waals surface area contributed by atoms with Gasteiger partial charge in [0.15, 0.2) is 0 Å². The first-order chi connectivity index (χ1) is 6.66. The van der Waals surface area contributed by atoms with Gasteiger partial charge in [-0.1, -0.05) is 12.8 Å². The van der Waals surface area contributed by atoms with E-state index in [2.05, 4.69) is 4.98 Å². The minimum Gasteiger partial charge on any atom is -0.384 e. The third-order valence-corrected chi connectivity index (χ3v) is 2.86. The van der Waals surface area contributed by atoms with Crippen LogP contribution >= 0.6 is 0 Å². The molecule has 14 heavy (non-hydrogen) atoms. The molecule has 0 aromatic carbocycles. The van der Waals surface area contributed by atoms with E-state index in [0.717, 1.165) is 23.5 Å². The van der Waals surface area contributed by atoms with Gasteiger partial charge in [-0.3, -0.25) is 0 Å². The standard InChI is InChI=1S/C11H17N3/c1-7-4-11(13)14-6-9(7)10(12)5-8-2-3-8/h4,6,8,10H,2-3,5,12H2,1H3,(H2,13,14). The third kappa shape index (κ3) is 2.04. The predicted molar refractivity (Wildman–Crippen MR) is 57.7 cm³/mol. The van der Waals surface area contributed by atoms with E-state index >= 15 is 0 Å². The molecule has 1 saturated carbocycles. The van der Waals surface area contributed by atoms with Gasteiger partial charge in [-0.15, -0.1) is 0 Å². The molecule has 1 atom stereocenters. The van der Waals surface area contributed by atoms with E-state index in [1.54, 1.807) is 0 Å². The van der Waals surface area contributed by atoms with Crippen LogP contribution in [0.3, 0.4) is 0 Å². The molecule has 1 fully saturated rings. The molecule has 4 N–H and O–H groups in total. The average molecular weight is 191 g/mol. The van der Waals surface area contributed by atoms with E-state index in [4.69, 9.17) is 11.5 Å². The lowest BCUT2D eigenvalue weighted by molar-refractivity contribution is 0.593. The summed E-state index contributed by atoms with van der Waals surface area (Å²) in [6.45, 7) is 2.04. The number of nitrogen functional groups attached to an aromatic ring is 1. The molecule has 3 nitrogen and oxygen atoms in total. The van der Waals surface area contributed by atoms with Crippen LogP contribution in [-0.4, -0.2) is 4.98 Å². The number of hydrogen-bond donors (Lipinski definition) is 2. The van der Waals surface area contributed by atoms with Crippen LogP contribution in [0.15, 0.2) is 12.3 Å². The van der Waals surface area contributed by atoms with Gasteiger partial charge < -0.3 is 11.5 Å². The number of hydrogen-bond acceptors (Lipinski definition) is 3. The fraction of sp³-hybridized carbons (Fsp3) is 0.545. The van der Waals surface area contributed by atoms with Gasteiger partial charge in [0.1, 0.15) is 5.82 Å². The molecule has 0 spiro atoms. The second-order valence-electron chi connectivity index (χ2n) is 4.25. The van der Waals surface area contributed by atoms with Crippen molar-refractivity contribution in [2.75, 3.05) is 5.73 Å². The summed E-state index contributed by atoms with van der Waals surface area (Å²) in [6, 6.07) is 2.03. The highest BCUT2D eigenvalue weighted by molar-refractivity contribution is 5.37. The Hall–Kier alpha value is -1.09. The number of nitrogens with two attached hydrogens (primary N) is 2. The SMILES string of the molecule is Cc1cc(N)ncc1C(N)CC1CC1. The van der Waals surface area contributed by atoms with Crippen LogP contribution in [0.5, 0.6) is 0 Å². The van der Waals surface area contributed by atoms with Gasteiger partial charge in [0.05, 0.1) is 0 Å². The smallest absolute Gasteiger partial charge is 0.123 e. The first-order valence-corrected chi connectivity index (χ1v) is 5.14. The zero-order valence-electron chi connectivity index (χ0n) is 8.53. The van der Waals surface area contributed by atoms with Crippen molar-refractivity contribution in [1.82, 2.24) is 4.98 Å². The number of aromatic nitrogens is 1. The quantitative estimate of drug-likeness (QED) is 0.765. The number of anilines is 1. The molecule has 0 bridgehead atoms. The second kappa shape index (κ2) is 3.58. The Balaban J connectivity index is 2.13. The zero-order valence-corrected chi connectivity index (χ0v) is 8.53. The lowest BCUT2D eigenvalue weighted by Gasteiger charge is -2.13. The molecule has 1 aliphatic carbocycles. The summed E-state index contributed by atoms with van der Waals surface area (Å²) in [5.74, 6) is 1.42. The molecule has 3 heteroatoms. The molecule has 1 heterocycles. The van der Waals surface area contributed by atoms with Gasteiger partial charge in [-0.25, -0.2) is 4.98 Å². The summed E-state index contributed by atoms with van der Waals surface area (Å²) >= 11 is 0. The average Bonchev–Trinajstić information content (AvgIpc) is 2.87. The summed E-state index contributed by atoms with van der Waals surface area (Å²) in [5, 5.41) is 0. The Kier molecular flexibility index (Phi) is 2.42. The van der Waals surface area contributed by atoms with Crippen molar-refractivity contribution in [2.45, 2.75) is 32.2 Å². The number of pyridine rings is 1. The zero-order chi connectivity index (χ0) is 10.1. The fourth-order valence-corrected chi connectivity index (χ4v) is 1.82. The van der Waals surface area contributed by atoms with Crippen LogP contribution in [-0.2, 0) is 0 Å². The van der Waals surface area contributed by atoms with Crippen LogP contribution < -0.4 is 11.5 Å². The summed E-state index contributed by atoms with van der Waals surface area (Å²) in [5.41, 5.74) is 14.0. The van der Waals surface area contributed by atoms with Crippen molar-refractivity contribution in [1.29, 1.82) is 0 Å². The number of rotatable bonds is 3. The maximum absolute atomic E-state index is 6.11. The van der Waals surface area contributed by atoms with Crippen LogP contribution in [0, 0.1) is 12.8 Å². The monoisotopic (exact) mass is 191 g/mol. The van der Waals surface area contributed by atoms with Gasteiger partial charge in [0, 0.05) is 12.2 Å². The number of aryl methyl sites for hydroxylation is 1. The first kappa shape index (κ1) is 9.46. The van der Waals surface area contributed by atoms with E-state index in [9.17, 15) is 0 Å². The van der Waals surface area contributed by atoms with Gasteiger partial charge >= 0.3 is 0 Å². The van der Waals surface area contributed by atoms with Crippen molar-refractivity contribution >= 4 is 5.82 Å². The van der Waals surface area contributed by atoms with E-state index in [-0.39, 0.29) is 6.04 Å². The molecular formula is C11H17N3. The number of nitrogens with zero attached hydrogens (tertiary/aromatic N) is 1. The molecule has 1 aromatic rings. The molecule has 0 amide bonds. The normalized spacial score (nSPS) is 18.1. The van der Waals surface area contributed by atoms with Crippen LogP contribution in [0.4, 0.5) is 5.82 Å². The van der Waals surface area contributed by atoms with Crippen LogP contribution in [0.25, 0.3) is 0 Å². The minimum atomic E-state index is 0.135. The highest BCUT2D eigenvalue weighted by Gasteiger charge is 2.25. The molecule has 0 saturated heterocycles. The maximum atomic E-state index is 6.11. The van der Waals surface area contributed by atoms with Crippen molar-refractivity contribution in [3.8, 4) is 0 Å².